The molecular weight excluding hydrogens is 500 g/mol. The summed E-state index contributed by atoms with van der Waals surface area (Å²) in [5, 5.41) is 17.2. The van der Waals surface area contributed by atoms with Crippen molar-refractivity contribution >= 4 is 17.8 Å². The number of piperidine rings is 2. The molecule has 0 radical (unpaired) electrons. The van der Waals surface area contributed by atoms with Gasteiger partial charge in [-0.3, -0.25) is 15.0 Å². The first-order valence-corrected chi connectivity index (χ1v) is 15.6. The van der Waals surface area contributed by atoms with Crippen LogP contribution >= 0.6 is 0 Å². The Kier molecular flexibility index (Phi) is 10.1. The van der Waals surface area contributed by atoms with Gasteiger partial charge in [-0.05, 0) is 120 Å². The molecule has 0 aromatic carbocycles. The predicted molar refractivity (Wildman–Crippen MR) is 167 cm³/mol. The Morgan fingerprint density at radius 1 is 0.650 bits per heavy atom. The maximum atomic E-state index is 9.82. The van der Waals surface area contributed by atoms with Gasteiger partial charge in [0, 0.05) is 34.2 Å². The molecule has 2 unspecified atom stereocenters. The van der Waals surface area contributed by atoms with Crippen LogP contribution in [-0.4, -0.2) is 78.3 Å². The molecule has 4 N–H and O–H groups in total. The lowest BCUT2D eigenvalue weighted by Crippen LogP contribution is -2.60. The lowest BCUT2D eigenvalue weighted by atomic mass is 9.70. The summed E-state index contributed by atoms with van der Waals surface area (Å²) in [6.07, 6.45) is 8.64. The fourth-order valence-corrected chi connectivity index (χ4v) is 7.83. The SMILES string of the molecule is CCCC(Nc1nc(NO)nc(NC(CCC)C2CC(C)(C)N(C)C(C)(C)C2)n1)C1CC(C)(C)N(C)C(C)(C)C1. The number of hydrogen-bond acceptors (Lipinski definition) is 9. The first kappa shape index (κ1) is 32.8. The van der Waals surface area contributed by atoms with Crippen LogP contribution in [0.4, 0.5) is 17.8 Å². The summed E-state index contributed by atoms with van der Waals surface area (Å²) < 4.78 is 0. The Morgan fingerprint density at radius 3 is 1.23 bits per heavy atom. The van der Waals surface area contributed by atoms with E-state index in [2.05, 4.69) is 119 Å². The second-order valence-corrected chi connectivity index (χ2v) is 15.2. The molecule has 3 rings (SSSR count). The van der Waals surface area contributed by atoms with Gasteiger partial charge in [0.2, 0.25) is 11.9 Å². The maximum Gasteiger partial charge on any atom is 0.253 e. The molecule has 1 aromatic rings. The summed E-state index contributed by atoms with van der Waals surface area (Å²) in [6, 6.07) is 0.474. The highest BCUT2D eigenvalue weighted by molar-refractivity contribution is 5.42. The molecule has 2 fully saturated rings. The fourth-order valence-electron chi connectivity index (χ4n) is 7.83. The van der Waals surface area contributed by atoms with Gasteiger partial charge in [0.1, 0.15) is 0 Å². The van der Waals surface area contributed by atoms with Crippen LogP contribution in [0.2, 0.25) is 0 Å². The standard InChI is InChI=1S/C31H60N8O/c1-13-15-23(21-17-28(3,4)38(11)29(5,6)18-21)32-25-34-26(36-27(35-25)37-40)33-24(16-14-2)22-19-30(7,8)39(12)31(9,10)20-22/h21-24,40H,13-20H2,1-12H3,(H3,32,33,34,35,36,37). The van der Waals surface area contributed by atoms with Gasteiger partial charge in [0.15, 0.2) is 0 Å². The second kappa shape index (κ2) is 12.3. The minimum atomic E-state index is 0.104. The highest BCUT2D eigenvalue weighted by atomic mass is 16.5. The van der Waals surface area contributed by atoms with E-state index in [0.29, 0.717) is 23.7 Å². The first-order chi connectivity index (χ1) is 18.5. The van der Waals surface area contributed by atoms with Gasteiger partial charge < -0.3 is 10.6 Å². The molecule has 0 saturated carbocycles. The Balaban J connectivity index is 1.87. The van der Waals surface area contributed by atoms with Gasteiger partial charge in [-0.15, -0.1) is 0 Å². The molecule has 0 spiro atoms. The van der Waals surface area contributed by atoms with Gasteiger partial charge in [-0.1, -0.05) is 26.7 Å². The lowest BCUT2D eigenvalue weighted by Gasteiger charge is -2.55. The van der Waals surface area contributed by atoms with Crippen LogP contribution in [0.25, 0.3) is 0 Å². The van der Waals surface area contributed by atoms with E-state index in [9.17, 15) is 5.21 Å². The van der Waals surface area contributed by atoms with E-state index in [1.165, 1.54) is 0 Å². The van der Waals surface area contributed by atoms with Gasteiger partial charge in [0.05, 0.1) is 0 Å². The van der Waals surface area contributed by atoms with E-state index in [0.717, 1.165) is 51.4 Å². The monoisotopic (exact) mass is 560 g/mol. The Hall–Kier alpha value is -1.71. The number of rotatable bonds is 11. The second-order valence-electron chi connectivity index (χ2n) is 15.2. The Morgan fingerprint density at radius 2 is 0.950 bits per heavy atom. The van der Waals surface area contributed by atoms with Crippen molar-refractivity contribution in [1.82, 2.24) is 24.8 Å². The zero-order valence-corrected chi connectivity index (χ0v) is 27.6. The zero-order valence-electron chi connectivity index (χ0n) is 27.6. The fraction of sp³-hybridized carbons (Fsp3) is 0.903. The average molecular weight is 561 g/mol. The number of anilines is 3. The quantitative estimate of drug-likeness (QED) is 0.222. The number of hydrogen-bond donors (Lipinski definition) is 4. The van der Waals surface area contributed by atoms with E-state index in [1.54, 1.807) is 0 Å². The van der Waals surface area contributed by atoms with Crippen LogP contribution in [0.5, 0.6) is 0 Å². The van der Waals surface area contributed by atoms with Crippen molar-refractivity contribution < 1.29 is 5.21 Å². The van der Waals surface area contributed by atoms with Crippen molar-refractivity contribution in [1.29, 1.82) is 0 Å². The molecule has 9 nitrogen and oxygen atoms in total. The predicted octanol–water partition coefficient (Wildman–Crippen LogP) is 6.63. The average Bonchev–Trinajstić information content (AvgIpc) is 2.84. The van der Waals surface area contributed by atoms with Crippen molar-refractivity contribution in [2.24, 2.45) is 11.8 Å². The van der Waals surface area contributed by atoms with Gasteiger partial charge >= 0.3 is 0 Å². The van der Waals surface area contributed by atoms with Crippen molar-refractivity contribution in [2.45, 2.75) is 155 Å². The lowest BCUT2D eigenvalue weighted by molar-refractivity contribution is -0.0347. The van der Waals surface area contributed by atoms with Crippen LogP contribution in [0.15, 0.2) is 0 Å². The summed E-state index contributed by atoms with van der Waals surface area (Å²) in [7, 11) is 4.50. The first-order valence-electron chi connectivity index (χ1n) is 15.6. The molecule has 2 aliphatic heterocycles. The summed E-state index contributed by atoms with van der Waals surface area (Å²) >= 11 is 0. The highest BCUT2D eigenvalue weighted by Gasteiger charge is 2.46. The number of likely N-dealkylation sites (tertiary alicyclic amines) is 2. The summed E-state index contributed by atoms with van der Waals surface area (Å²) in [5.41, 5.74) is 2.60. The third-order valence-corrected chi connectivity index (χ3v) is 10.4. The number of nitrogens with one attached hydrogen (secondary N) is 3. The highest BCUT2D eigenvalue weighted by Crippen LogP contribution is 2.44. The van der Waals surface area contributed by atoms with Crippen molar-refractivity contribution in [3.8, 4) is 0 Å². The van der Waals surface area contributed by atoms with Crippen LogP contribution in [0, 0.1) is 11.8 Å². The van der Waals surface area contributed by atoms with Gasteiger partial charge in [-0.25, -0.2) is 5.48 Å². The summed E-state index contributed by atoms with van der Waals surface area (Å²) in [6.45, 7) is 23.3. The molecule has 3 heterocycles. The molecule has 1 aromatic heterocycles. The van der Waals surface area contributed by atoms with Crippen LogP contribution in [0.1, 0.15) is 121 Å². The molecular formula is C31H60N8O. The molecule has 2 aliphatic rings. The minimum Gasteiger partial charge on any atom is -0.351 e. The molecule has 2 saturated heterocycles. The van der Waals surface area contributed by atoms with E-state index < -0.39 is 0 Å². The number of nitrogens with zero attached hydrogens (tertiary/aromatic N) is 5. The molecule has 0 amide bonds. The number of aromatic nitrogens is 3. The molecule has 230 valence electrons. The molecule has 40 heavy (non-hydrogen) atoms. The van der Waals surface area contributed by atoms with E-state index in [1.807, 2.05) is 0 Å². The Labute approximate surface area is 244 Å². The minimum absolute atomic E-state index is 0.104. The van der Waals surface area contributed by atoms with E-state index in [4.69, 9.17) is 4.98 Å². The molecule has 9 heteroatoms. The van der Waals surface area contributed by atoms with E-state index in [-0.39, 0.29) is 40.2 Å². The third-order valence-electron chi connectivity index (χ3n) is 10.4. The van der Waals surface area contributed by atoms with Crippen molar-refractivity contribution in [2.75, 3.05) is 30.2 Å². The molecule has 0 aliphatic carbocycles. The van der Waals surface area contributed by atoms with E-state index >= 15 is 0 Å². The third kappa shape index (κ3) is 7.37. The molecule has 0 bridgehead atoms. The van der Waals surface area contributed by atoms with Crippen LogP contribution < -0.4 is 16.1 Å². The van der Waals surface area contributed by atoms with Crippen LogP contribution in [-0.2, 0) is 0 Å². The zero-order chi connectivity index (χ0) is 30.1. The van der Waals surface area contributed by atoms with Crippen molar-refractivity contribution in [3.05, 3.63) is 0 Å². The summed E-state index contributed by atoms with van der Waals surface area (Å²) in [4.78, 5) is 19.0. The van der Waals surface area contributed by atoms with Gasteiger partial charge in [0.25, 0.3) is 5.95 Å². The topological polar surface area (TPSA) is 101 Å². The normalized spacial score (nSPS) is 24.8. The van der Waals surface area contributed by atoms with Crippen molar-refractivity contribution in [3.63, 3.8) is 0 Å². The Bertz CT molecular complexity index is 870. The smallest absolute Gasteiger partial charge is 0.253 e. The summed E-state index contributed by atoms with van der Waals surface area (Å²) in [5.74, 6) is 2.16. The van der Waals surface area contributed by atoms with Gasteiger partial charge in [-0.2, -0.15) is 15.0 Å². The van der Waals surface area contributed by atoms with Crippen LogP contribution in [0.3, 0.4) is 0 Å². The largest absolute Gasteiger partial charge is 0.351 e. The molecule has 2 atom stereocenters. The maximum absolute atomic E-state index is 9.82.